The number of nitrogens with zero attached hydrogens (tertiary/aromatic N) is 2. The van der Waals surface area contributed by atoms with E-state index in [1.165, 1.54) is 0 Å². The lowest BCUT2D eigenvalue weighted by Gasteiger charge is -2.08. The first-order valence-electron chi connectivity index (χ1n) is 3.94. The van der Waals surface area contributed by atoms with Crippen LogP contribution in [0.5, 0.6) is 0 Å². The zero-order chi connectivity index (χ0) is 8.39. The maximum atomic E-state index is 5.37. The summed E-state index contributed by atoms with van der Waals surface area (Å²) in [5, 5.41) is 9.62. The molecule has 0 fully saturated rings. The third-order valence-electron chi connectivity index (χ3n) is 1.84. The molecule has 0 bridgehead atoms. The number of nitrogens with one attached hydrogen (secondary N) is 2. The van der Waals surface area contributed by atoms with E-state index in [1.54, 1.807) is 0 Å². The van der Waals surface area contributed by atoms with E-state index in [0.29, 0.717) is 17.9 Å². The van der Waals surface area contributed by atoms with Crippen molar-refractivity contribution in [3.05, 3.63) is 12.2 Å². The Kier molecular flexibility index (Phi) is 1.69. The van der Waals surface area contributed by atoms with Crippen LogP contribution in [-0.2, 0) is 0 Å². The fourth-order valence-electron chi connectivity index (χ4n) is 1.26. The molecule has 1 aromatic rings. The number of nitrogens with two attached hydrogens (primary N) is 1. The summed E-state index contributed by atoms with van der Waals surface area (Å²) >= 11 is 0. The smallest absolute Gasteiger partial charge is 0.243 e. The van der Waals surface area contributed by atoms with Crippen LogP contribution < -0.4 is 11.1 Å². The molecule has 0 aliphatic heterocycles. The van der Waals surface area contributed by atoms with Gasteiger partial charge in [-0.3, -0.25) is 0 Å². The summed E-state index contributed by atoms with van der Waals surface area (Å²) in [6.45, 7) is 0. The molecule has 5 nitrogen and oxygen atoms in total. The highest BCUT2D eigenvalue weighted by molar-refractivity contribution is 5.32. The average Bonchev–Trinajstić information content (AvgIpc) is 2.63. The zero-order valence-electron chi connectivity index (χ0n) is 6.62. The summed E-state index contributed by atoms with van der Waals surface area (Å²) in [7, 11) is 0. The largest absolute Gasteiger partial charge is 0.368 e. The Morgan fingerprint density at radius 1 is 1.50 bits per heavy atom. The van der Waals surface area contributed by atoms with Gasteiger partial charge in [0, 0.05) is 6.04 Å². The highest BCUT2D eigenvalue weighted by Crippen LogP contribution is 2.13. The normalized spacial score (nSPS) is 17.0. The molecule has 0 amide bonds. The van der Waals surface area contributed by atoms with Crippen LogP contribution in [0.15, 0.2) is 12.2 Å². The Bertz CT molecular complexity index is 282. The molecular formula is C7H11N5. The van der Waals surface area contributed by atoms with Gasteiger partial charge in [0.25, 0.3) is 0 Å². The number of anilines is 2. The summed E-state index contributed by atoms with van der Waals surface area (Å²) in [5.41, 5.74) is 5.37. The Hall–Kier alpha value is -1.52. The van der Waals surface area contributed by atoms with Crippen LogP contribution in [-0.4, -0.2) is 21.2 Å². The van der Waals surface area contributed by atoms with E-state index >= 15 is 0 Å². The molecule has 1 heterocycles. The van der Waals surface area contributed by atoms with Gasteiger partial charge in [0.1, 0.15) is 0 Å². The summed E-state index contributed by atoms with van der Waals surface area (Å²) < 4.78 is 0. The van der Waals surface area contributed by atoms with Crippen LogP contribution in [0.25, 0.3) is 0 Å². The molecule has 0 saturated heterocycles. The molecule has 64 valence electrons. The maximum absolute atomic E-state index is 5.37. The van der Waals surface area contributed by atoms with Crippen molar-refractivity contribution in [2.75, 3.05) is 11.1 Å². The first kappa shape index (κ1) is 7.15. The molecule has 12 heavy (non-hydrogen) atoms. The van der Waals surface area contributed by atoms with Crippen molar-refractivity contribution >= 4 is 11.9 Å². The van der Waals surface area contributed by atoms with Crippen molar-refractivity contribution < 1.29 is 0 Å². The predicted octanol–water partition coefficient (Wildman–Crippen LogP) is 0.517. The second-order valence-electron chi connectivity index (χ2n) is 2.83. The molecule has 0 atom stereocenters. The van der Waals surface area contributed by atoms with Crippen LogP contribution in [0, 0.1) is 0 Å². The Morgan fingerprint density at radius 2 is 2.25 bits per heavy atom. The molecule has 0 radical (unpaired) electrons. The standard InChI is InChI=1S/C7H11N5/c8-6-10-7(12-11-6)9-5-3-1-2-4-5/h1-2,5H,3-4H2,(H4,8,9,10,11,12). The minimum Gasteiger partial charge on any atom is -0.368 e. The van der Waals surface area contributed by atoms with Gasteiger partial charge in [-0.25, -0.2) is 5.10 Å². The van der Waals surface area contributed by atoms with Gasteiger partial charge in [-0.1, -0.05) is 12.2 Å². The van der Waals surface area contributed by atoms with Gasteiger partial charge in [0.05, 0.1) is 0 Å². The van der Waals surface area contributed by atoms with Crippen molar-refractivity contribution in [3.8, 4) is 0 Å². The molecule has 5 heteroatoms. The van der Waals surface area contributed by atoms with E-state index in [-0.39, 0.29) is 0 Å². The molecular weight excluding hydrogens is 154 g/mol. The number of aromatic amines is 1. The Morgan fingerprint density at radius 3 is 2.83 bits per heavy atom. The lowest BCUT2D eigenvalue weighted by Crippen LogP contribution is -2.15. The summed E-state index contributed by atoms with van der Waals surface area (Å²) in [6.07, 6.45) is 6.37. The van der Waals surface area contributed by atoms with E-state index in [1.807, 2.05) is 0 Å². The number of hydrogen-bond acceptors (Lipinski definition) is 4. The molecule has 1 aliphatic rings. The fraction of sp³-hybridized carbons (Fsp3) is 0.429. The molecule has 0 unspecified atom stereocenters. The number of nitrogen functional groups attached to an aromatic ring is 1. The zero-order valence-corrected chi connectivity index (χ0v) is 6.62. The third-order valence-corrected chi connectivity index (χ3v) is 1.84. The van der Waals surface area contributed by atoms with Crippen LogP contribution in [0.1, 0.15) is 12.8 Å². The molecule has 1 aliphatic carbocycles. The van der Waals surface area contributed by atoms with Gasteiger partial charge in [-0.05, 0) is 12.8 Å². The van der Waals surface area contributed by atoms with Crippen LogP contribution >= 0.6 is 0 Å². The molecule has 4 N–H and O–H groups in total. The van der Waals surface area contributed by atoms with E-state index in [4.69, 9.17) is 5.73 Å². The minimum absolute atomic E-state index is 0.350. The first-order chi connectivity index (χ1) is 5.84. The van der Waals surface area contributed by atoms with Crippen molar-refractivity contribution in [1.29, 1.82) is 0 Å². The molecule has 0 spiro atoms. The highest BCUT2D eigenvalue weighted by atomic mass is 15.3. The fourth-order valence-corrected chi connectivity index (χ4v) is 1.26. The second-order valence-corrected chi connectivity index (χ2v) is 2.83. The van der Waals surface area contributed by atoms with E-state index < -0.39 is 0 Å². The molecule has 0 saturated carbocycles. The molecule has 1 aromatic heterocycles. The van der Waals surface area contributed by atoms with Crippen LogP contribution in [0.2, 0.25) is 0 Å². The van der Waals surface area contributed by atoms with E-state index in [9.17, 15) is 0 Å². The summed E-state index contributed by atoms with van der Waals surface area (Å²) in [6, 6.07) is 0.431. The maximum Gasteiger partial charge on any atom is 0.243 e. The summed E-state index contributed by atoms with van der Waals surface area (Å²) in [5.74, 6) is 0.935. The lowest BCUT2D eigenvalue weighted by molar-refractivity contribution is 0.774. The highest BCUT2D eigenvalue weighted by Gasteiger charge is 2.11. The van der Waals surface area contributed by atoms with E-state index in [2.05, 4.69) is 32.7 Å². The van der Waals surface area contributed by atoms with Gasteiger partial charge < -0.3 is 11.1 Å². The minimum atomic E-state index is 0.350. The van der Waals surface area contributed by atoms with Crippen molar-refractivity contribution in [3.63, 3.8) is 0 Å². The van der Waals surface area contributed by atoms with Crippen molar-refractivity contribution in [1.82, 2.24) is 15.2 Å². The van der Waals surface area contributed by atoms with Gasteiger partial charge in [0.15, 0.2) is 0 Å². The monoisotopic (exact) mass is 165 g/mol. The SMILES string of the molecule is Nc1nc(NC2CC=CC2)n[nH]1. The van der Waals surface area contributed by atoms with E-state index in [0.717, 1.165) is 12.8 Å². The second kappa shape index (κ2) is 2.84. The number of rotatable bonds is 2. The van der Waals surface area contributed by atoms with Gasteiger partial charge in [-0.2, -0.15) is 4.98 Å². The van der Waals surface area contributed by atoms with Crippen LogP contribution in [0.4, 0.5) is 11.9 Å². The quantitative estimate of drug-likeness (QED) is 0.558. The Balaban J connectivity index is 1.95. The number of H-pyrrole nitrogens is 1. The van der Waals surface area contributed by atoms with Crippen molar-refractivity contribution in [2.24, 2.45) is 0 Å². The van der Waals surface area contributed by atoms with Gasteiger partial charge in [0.2, 0.25) is 11.9 Å². The average molecular weight is 165 g/mol. The first-order valence-corrected chi connectivity index (χ1v) is 3.94. The molecule has 0 aromatic carbocycles. The number of hydrogen-bond donors (Lipinski definition) is 3. The predicted molar refractivity (Wildman–Crippen MR) is 46.6 cm³/mol. The van der Waals surface area contributed by atoms with Crippen molar-refractivity contribution in [2.45, 2.75) is 18.9 Å². The Labute approximate surface area is 70.1 Å². The third kappa shape index (κ3) is 1.39. The number of aromatic nitrogens is 3. The van der Waals surface area contributed by atoms with Crippen LogP contribution in [0.3, 0.4) is 0 Å². The molecule has 2 rings (SSSR count). The van der Waals surface area contributed by atoms with Gasteiger partial charge in [-0.15, -0.1) is 5.10 Å². The van der Waals surface area contributed by atoms with Gasteiger partial charge >= 0.3 is 0 Å². The summed E-state index contributed by atoms with van der Waals surface area (Å²) in [4.78, 5) is 3.95. The topological polar surface area (TPSA) is 79.6 Å². The lowest BCUT2D eigenvalue weighted by atomic mass is 10.2.